The Morgan fingerprint density at radius 3 is 2.94 bits per heavy atom. The van der Waals surface area contributed by atoms with Gasteiger partial charge in [-0.3, -0.25) is 0 Å². The molecule has 0 bridgehead atoms. The molecule has 0 radical (unpaired) electrons. The second-order valence-corrected chi connectivity index (χ2v) is 4.83. The molecule has 4 heteroatoms. The highest BCUT2D eigenvalue weighted by atomic mass is 32.1. The maximum atomic E-state index is 5.38. The second-order valence-electron chi connectivity index (χ2n) is 4.52. The van der Waals surface area contributed by atoms with Crippen LogP contribution in [0.3, 0.4) is 0 Å². The van der Waals surface area contributed by atoms with Gasteiger partial charge in [0, 0.05) is 24.9 Å². The number of fused-ring (bicyclic) bond motifs is 1. The molecule has 17 heavy (non-hydrogen) atoms. The molecule has 0 unspecified atom stereocenters. The van der Waals surface area contributed by atoms with Crippen LogP contribution in [0.2, 0.25) is 0 Å². The molecule has 3 nitrogen and oxygen atoms in total. The van der Waals surface area contributed by atoms with E-state index in [1.807, 2.05) is 0 Å². The molecule has 1 aromatic carbocycles. The van der Waals surface area contributed by atoms with Crippen molar-refractivity contribution in [3.63, 3.8) is 0 Å². The van der Waals surface area contributed by atoms with E-state index in [1.54, 1.807) is 0 Å². The summed E-state index contributed by atoms with van der Waals surface area (Å²) in [6, 6.07) is 6.29. The summed E-state index contributed by atoms with van der Waals surface area (Å²) in [4.78, 5) is 8.12. The van der Waals surface area contributed by atoms with Crippen LogP contribution in [0.4, 0.5) is 0 Å². The molecule has 2 aromatic rings. The predicted octanol–water partition coefficient (Wildman–Crippen LogP) is 2.89. The number of aromatic amines is 1. The third kappa shape index (κ3) is 2.19. The molecule has 2 heterocycles. The van der Waals surface area contributed by atoms with E-state index in [1.165, 1.54) is 5.56 Å². The third-order valence-electron chi connectivity index (χ3n) is 3.36. The van der Waals surface area contributed by atoms with Gasteiger partial charge in [0.25, 0.3) is 0 Å². The molecule has 0 saturated carbocycles. The zero-order valence-corrected chi connectivity index (χ0v) is 10.5. The number of hydrogen-bond donors (Lipinski definition) is 2. The number of H-pyrrole nitrogens is 1. The van der Waals surface area contributed by atoms with Crippen molar-refractivity contribution in [3.05, 3.63) is 29.6 Å². The van der Waals surface area contributed by atoms with Crippen molar-refractivity contribution in [3.8, 4) is 0 Å². The summed E-state index contributed by atoms with van der Waals surface area (Å²) in [5, 5.41) is 0. The smallest absolute Gasteiger partial charge is 0.110 e. The van der Waals surface area contributed by atoms with Gasteiger partial charge in [0.2, 0.25) is 0 Å². The van der Waals surface area contributed by atoms with E-state index in [-0.39, 0.29) is 0 Å². The lowest BCUT2D eigenvalue weighted by Crippen LogP contribution is -2.15. The SMILES string of the molecule is SCc1ccc2nc(C3CCOCC3)[nH]c2c1. The standard InChI is InChI=1S/C13H16N2OS/c17-8-9-1-2-11-12(7-9)15-13(14-11)10-3-5-16-6-4-10/h1-2,7,10,17H,3-6,8H2,(H,14,15). The van der Waals surface area contributed by atoms with Crippen LogP contribution in [0.25, 0.3) is 11.0 Å². The zero-order valence-electron chi connectivity index (χ0n) is 9.65. The number of nitrogens with one attached hydrogen (secondary N) is 1. The van der Waals surface area contributed by atoms with Gasteiger partial charge in [-0.1, -0.05) is 6.07 Å². The summed E-state index contributed by atoms with van der Waals surface area (Å²) in [5.74, 6) is 2.40. The van der Waals surface area contributed by atoms with Gasteiger partial charge in [-0.15, -0.1) is 0 Å². The average molecular weight is 248 g/mol. The molecule has 0 atom stereocenters. The van der Waals surface area contributed by atoms with Crippen LogP contribution < -0.4 is 0 Å². The van der Waals surface area contributed by atoms with Crippen LogP contribution in [0.1, 0.15) is 30.1 Å². The average Bonchev–Trinajstić information content (AvgIpc) is 2.82. The molecule has 1 aromatic heterocycles. The van der Waals surface area contributed by atoms with Gasteiger partial charge < -0.3 is 9.72 Å². The monoisotopic (exact) mass is 248 g/mol. The molecule has 1 saturated heterocycles. The lowest BCUT2D eigenvalue weighted by Gasteiger charge is -2.19. The molecular formula is C13H16N2OS. The molecule has 0 aliphatic carbocycles. The van der Waals surface area contributed by atoms with Crippen molar-refractivity contribution in [1.29, 1.82) is 0 Å². The van der Waals surface area contributed by atoms with Gasteiger partial charge in [-0.25, -0.2) is 4.98 Å². The fourth-order valence-corrected chi connectivity index (χ4v) is 2.54. The van der Waals surface area contributed by atoms with Crippen LogP contribution >= 0.6 is 12.6 Å². The number of benzene rings is 1. The van der Waals surface area contributed by atoms with Crippen molar-refractivity contribution < 1.29 is 4.74 Å². The molecular weight excluding hydrogens is 232 g/mol. The highest BCUT2D eigenvalue weighted by Crippen LogP contribution is 2.26. The summed E-state index contributed by atoms with van der Waals surface area (Å²) in [7, 11) is 0. The maximum absolute atomic E-state index is 5.38. The quantitative estimate of drug-likeness (QED) is 0.802. The number of thiol groups is 1. The highest BCUT2D eigenvalue weighted by Gasteiger charge is 2.19. The lowest BCUT2D eigenvalue weighted by atomic mass is 10.00. The largest absolute Gasteiger partial charge is 0.381 e. The molecule has 0 amide bonds. The number of aromatic nitrogens is 2. The van der Waals surface area contributed by atoms with E-state index in [9.17, 15) is 0 Å². The number of nitrogens with zero attached hydrogens (tertiary/aromatic N) is 1. The molecule has 0 spiro atoms. The highest BCUT2D eigenvalue weighted by molar-refractivity contribution is 7.79. The first kappa shape index (κ1) is 11.1. The molecule has 1 aliphatic rings. The van der Waals surface area contributed by atoms with Crippen molar-refractivity contribution in [2.45, 2.75) is 24.5 Å². The van der Waals surface area contributed by atoms with Gasteiger partial charge in [0.15, 0.2) is 0 Å². The molecule has 1 N–H and O–H groups in total. The molecule has 1 aliphatic heterocycles. The number of rotatable bonds is 2. The Morgan fingerprint density at radius 2 is 2.18 bits per heavy atom. The first-order chi connectivity index (χ1) is 8.36. The lowest BCUT2D eigenvalue weighted by molar-refractivity contribution is 0.0838. The Hall–Kier alpha value is -1.00. The van der Waals surface area contributed by atoms with Gasteiger partial charge in [0.1, 0.15) is 5.82 Å². The topological polar surface area (TPSA) is 37.9 Å². The summed E-state index contributed by atoms with van der Waals surface area (Å²) in [6.07, 6.45) is 2.14. The summed E-state index contributed by atoms with van der Waals surface area (Å²) >= 11 is 4.29. The minimum absolute atomic E-state index is 0.524. The maximum Gasteiger partial charge on any atom is 0.110 e. The minimum Gasteiger partial charge on any atom is -0.381 e. The first-order valence-corrected chi connectivity index (χ1v) is 6.67. The Morgan fingerprint density at radius 1 is 1.35 bits per heavy atom. The number of ether oxygens (including phenoxy) is 1. The Bertz CT molecular complexity index is 517. The van der Waals surface area contributed by atoms with Crippen LogP contribution in [0.5, 0.6) is 0 Å². The zero-order chi connectivity index (χ0) is 11.7. The third-order valence-corrected chi connectivity index (χ3v) is 3.72. The van der Waals surface area contributed by atoms with Gasteiger partial charge in [0.05, 0.1) is 11.0 Å². The van der Waals surface area contributed by atoms with Gasteiger partial charge >= 0.3 is 0 Å². The molecule has 90 valence electrons. The molecule has 3 rings (SSSR count). The summed E-state index contributed by atoms with van der Waals surface area (Å²) < 4.78 is 5.38. The van der Waals surface area contributed by atoms with Crippen molar-refractivity contribution in [2.75, 3.05) is 13.2 Å². The minimum atomic E-state index is 0.524. The van der Waals surface area contributed by atoms with Crippen LogP contribution in [0, 0.1) is 0 Å². The van der Waals surface area contributed by atoms with Crippen molar-refractivity contribution in [1.82, 2.24) is 9.97 Å². The fraction of sp³-hybridized carbons (Fsp3) is 0.462. The second kappa shape index (κ2) is 4.70. The fourth-order valence-electron chi connectivity index (χ4n) is 2.34. The van der Waals surface area contributed by atoms with Crippen LogP contribution in [-0.4, -0.2) is 23.2 Å². The van der Waals surface area contributed by atoms with E-state index in [4.69, 9.17) is 4.74 Å². The predicted molar refractivity (Wildman–Crippen MR) is 71.6 cm³/mol. The Labute approximate surface area is 106 Å². The van der Waals surface area contributed by atoms with E-state index in [2.05, 4.69) is 40.8 Å². The first-order valence-electron chi connectivity index (χ1n) is 6.04. The van der Waals surface area contributed by atoms with E-state index in [0.717, 1.165) is 48.7 Å². The Kier molecular flexibility index (Phi) is 3.07. The summed E-state index contributed by atoms with van der Waals surface area (Å²) in [5.41, 5.74) is 3.40. The number of imidazole rings is 1. The van der Waals surface area contributed by atoms with E-state index < -0.39 is 0 Å². The van der Waals surface area contributed by atoms with E-state index in [0.29, 0.717) is 5.92 Å². The Balaban J connectivity index is 1.95. The summed E-state index contributed by atoms with van der Waals surface area (Å²) in [6.45, 7) is 1.70. The van der Waals surface area contributed by atoms with E-state index >= 15 is 0 Å². The molecule has 1 fully saturated rings. The van der Waals surface area contributed by atoms with Crippen molar-refractivity contribution >= 4 is 23.7 Å². The van der Waals surface area contributed by atoms with Gasteiger partial charge in [-0.2, -0.15) is 12.6 Å². The normalized spacial score (nSPS) is 17.7. The van der Waals surface area contributed by atoms with Gasteiger partial charge in [-0.05, 0) is 30.5 Å². The van der Waals surface area contributed by atoms with Crippen LogP contribution in [-0.2, 0) is 10.5 Å². The van der Waals surface area contributed by atoms with Crippen LogP contribution in [0.15, 0.2) is 18.2 Å². The number of hydrogen-bond acceptors (Lipinski definition) is 3. The van der Waals surface area contributed by atoms with Crippen molar-refractivity contribution in [2.24, 2.45) is 0 Å².